The van der Waals surface area contributed by atoms with E-state index in [4.69, 9.17) is 5.73 Å². The molecule has 0 saturated carbocycles. The molecule has 3 nitrogen and oxygen atoms in total. The Labute approximate surface area is 73.4 Å². The predicted octanol–water partition coefficient (Wildman–Crippen LogP) is 0.781. The first-order chi connectivity index (χ1) is 5.27. The number of nitrogens with one attached hydrogen (secondary N) is 1. The van der Waals surface area contributed by atoms with Crippen LogP contribution in [0.25, 0.3) is 0 Å². The zero-order valence-corrected chi connectivity index (χ0v) is 7.38. The minimum atomic E-state index is 0.122. The highest BCUT2D eigenvalue weighted by Crippen LogP contribution is 2.22. The van der Waals surface area contributed by atoms with Gasteiger partial charge in [0.05, 0.1) is 5.70 Å². The first kappa shape index (κ1) is 6.79. The summed E-state index contributed by atoms with van der Waals surface area (Å²) in [7, 11) is 0. The van der Waals surface area contributed by atoms with Crippen LogP contribution in [0.5, 0.6) is 0 Å². The minimum Gasteiger partial charge on any atom is -0.399 e. The summed E-state index contributed by atoms with van der Waals surface area (Å²) in [5.41, 5.74) is 6.58. The van der Waals surface area contributed by atoms with E-state index in [1.54, 1.807) is 0 Å². The first-order valence-electron chi connectivity index (χ1n) is 3.32. The van der Waals surface area contributed by atoms with Crippen LogP contribution in [0.15, 0.2) is 34.9 Å². The van der Waals surface area contributed by atoms with Crippen LogP contribution < -0.4 is 11.1 Å². The molecular formula is C7H8BrN3. The average Bonchev–Trinajstić information content (AvgIpc) is 2.34. The molecule has 0 aromatic carbocycles. The highest BCUT2D eigenvalue weighted by Gasteiger charge is 2.22. The maximum Gasteiger partial charge on any atom is 0.143 e. The van der Waals surface area contributed by atoms with Gasteiger partial charge in [-0.15, -0.1) is 0 Å². The fourth-order valence-electron chi connectivity index (χ4n) is 1.20. The third kappa shape index (κ3) is 1.03. The van der Waals surface area contributed by atoms with Crippen LogP contribution in [0.2, 0.25) is 0 Å². The maximum absolute atomic E-state index is 5.76. The molecule has 2 heterocycles. The van der Waals surface area contributed by atoms with Gasteiger partial charge in [0.1, 0.15) is 6.17 Å². The molecule has 4 heteroatoms. The fourth-order valence-corrected chi connectivity index (χ4v) is 1.70. The van der Waals surface area contributed by atoms with Crippen molar-refractivity contribution in [1.82, 2.24) is 10.2 Å². The Morgan fingerprint density at radius 3 is 3.27 bits per heavy atom. The summed E-state index contributed by atoms with van der Waals surface area (Å²) in [6.45, 7) is 0. The van der Waals surface area contributed by atoms with Gasteiger partial charge in [-0.2, -0.15) is 0 Å². The molecule has 0 saturated heterocycles. The number of hydrogen-bond acceptors (Lipinski definition) is 3. The molecule has 0 bridgehead atoms. The van der Waals surface area contributed by atoms with Crippen molar-refractivity contribution in [2.24, 2.45) is 5.73 Å². The SMILES string of the molecule is NC1=CC(Br)=CN2C=CNC12. The van der Waals surface area contributed by atoms with Crippen LogP contribution in [-0.2, 0) is 0 Å². The van der Waals surface area contributed by atoms with E-state index in [-0.39, 0.29) is 6.17 Å². The number of nitrogens with zero attached hydrogens (tertiary/aromatic N) is 1. The Bertz CT molecular complexity index is 267. The molecule has 0 aliphatic carbocycles. The van der Waals surface area contributed by atoms with Crippen molar-refractivity contribution >= 4 is 15.9 Å². The second-order valence-corrected chi connectivity index (χ2v) is 3.41. The van der Waals surface area contributed by atoms with Gasteiger partial charge < -0.3 is 16.0 Å². The monoisotopic (exact) mass is 213 g/mol. The van der Waals surface area contributed by atoms with E-state index in [1.165, 1.54) is 0 Å². The van der Waals surface area contributed by atoms with Gasteiger partial charge in [-0.25, -0.2) is 0 Å². The summed E-state index contributed by atoms with van der Waals surface area (Å²) in [5.74, 6) is 0. The van der Waals surface area contributed by atoms with Crippen LogP contribution in [0, 0.1) is 0 Å². The predicted molar refractivity (Wildman–Crippen MR) is 47.2 cm³/mol. The van der Waals surface area contributed by atoms with E-state index in [1.807, 2.05) is 29.6 Å². The van der Waals surface area contributed by atoms with E-state index in [2.05, 4.69) is 21.2 Å². The molecule has 1 atom stereocenters. The van der Waals surface area contributed by atoms with E-state index < -0.39 is 0 Å². The molecule has 11 heavy (non-hydrogen) atoms. The summed E-state index contributed by atoms with van der Waals surface area (Å²) in [5, 5.41) is 3.12. The van der Waals surface area contributed by atoms with Crippen molar-refractivity contribution in [1.29, 1.82) is 0 Å². The summed E-state index contributed by atoms with van der Waals surface area (Å²) < 4.78 is 1.000. The zero-order valence-electron chi connectivity index (χ0n) is 5.79. The molecule has 2 aliphatic heterocycles. The Balaban J connectivity index is 2.33. The van der Waals surface area contributed by atoms with Crippen molar-refractivity contribution < 1.29 is 0 Å². The molecular weight excluding hydrogens is 206 g/mol. The molecule has 2 aliphatic rings. The van der Waals surface area contributed by atoms with E-state index in [0.717, 1.165) is 10.2 Å². The number of allylic oxidation sites excluding steroid dienone is 2. The quantitative estimate of drug-likeness (QED) is 0.626. The van der Waals surface area contributed by atoms with Crippen molar-refractivity contribution in [2.45, 2.75) is 6.17 Å². The Morgan fingerprint density at radius 1 is 1.64 bits per heavy atom. The summed E-state index contributed by atoms with van der Waals surface area (Å²) >= 11 is 3.37. The Kier molecular flexibility index (Phi) is 1.42. The van der Waals surface area contributed by atoms with E-state index in [0.29, 0.717) is 0 Å². The smallest absolute Gasteiger partial charge is 0.143 e. The molecule has 0 fully saturated rings. The lowest BCUT2D eigenvalue weighted by Gasteiger charge is -2.25. The van der Waals surface area contributed by atoms with Crippen molar-refractivity contribution in [3.05, 3.63) is 34.9 Å². The molecule has 0 aromatic heterocycles. The first-order valence-corrected chi connectivity index (χ1v) is 4.11. The molecule has 2 rings (SSSR count). The van der Waals surface area contributed by atoms with Gasteiger partial charge in [-0.3, -0.25) is 0 Å². The Morgan fingerprint density at radius 2 is 2.45 bits per heavy atom. The van der Waals surface area contributed by atoms with Crippen LogP contribution in [0.1, 0.15) is 0 Å². The van der Waals surface area contributed by atoms with Gasteiger partial charge in [0.2, 0.25) is 0 Å². The van der Waals surface area contributed by atoms with Gasteiger partial charge in [0.25, 0.3) is 0 Å². The Hall–Kier alpha value is -0.900. The normalized spacial score (nSPS) is 27.4. The van der Waals surface area contributed by atoms with Crippen LogP contribution >= 0.6 is 15.9 Å². The second kappa shape index (κ2) is 2.30. The molecule has 58 valence electrons. The lowest BCUT2D eigenvalue weighted by molar-refractivity contribution is 0.403. The summed E-state index contributed by atoms with van der Waals surface area (Å²) in [6.07, 6.45) is 7.84. The fraction of sp³-hybridized carbons (Fsp3) is 0.143. The highest BCUT2D eigenvalue weighted by atomic mass is 79.9. The van der Waals surface area contributed by atoms with Gasteiger partial charge >= 0.3 is 0 Å². The molecule has 0 amide bonds. The number of rotatable bonds is 0. The van der Waals surface area contributed by atoms with Crippen molar-refractivity contribution in [2.75, 3.05) is 0 Å². The number of fused-ring (bicyclic) bond motifs is 1. The highest BCUT2D eigenvalue weighted by molar-refractivity contribution is 9.11. The lowest BCUT2D eigenvalue weighted by Crippen LogP contribution is -2.38. The number of nitrogens with two attached hydrogens (primary N) is 1. The largest absolute Gasteiger partial charge is 0.399 e. The molecule has 0 spiro atoms. The summed E-state index contributed by atoms with van der Waals surface area (Å²) in [4.78, 5) is 2.01. The topological polar surface area (TPSA) is 41.3 Å². The minimum absolute atomic E-state index is 0.122. The number of halogens is 1. The summed E-state index contributed by atoms with van der Waals surface area (Å²) in [6, 6.07) is 0. The van der Waals surface area contributed by atoms with Gasteiger partial charge in [0, 0.05) is 23.1 Å². The molecule has 1 unspecified atom stereocenters. The third-order valence-electron chi connectivity index (χ3n) is 1.69. The molecule has 3 N–H and O–H groups in total. The second-order valence-electron chi connectivity index (χ2n) is 2.49. The standard InChI is InChI=1S/C7H8BrN3/c8-5-3-6(9)7-10-1-2-11(7)4-5/h1-4,7,10H,9H2. The van der Waals surface area contributed by atoms with Crippen molar-refractivity contribution in [3.63, 3.8) is 0 Å². The van der Waals surface area contributed by atoms with Crippen LogP contribution in [-0.4, -0.2) is 11.1 Å². The van der Waals surface area contributed by atoms with Gasteiger partial charge in [0.15, 0.2) is 0 Å². The van der Waals surface area contributed by atoms with Gasteiger partial charge in [-0.1, -0.05) is 0 Å². The van der Waals surface area contributed by atoms with Crippen LogP contribution in [0.3, 0.4) is 0 Å². The van der Waals surface area contributed by atoms with E-state index >= 15 is 0 Å². The van der Waals surface area contributed by atoms with Crippen molar-refractivity contribution in [3.8, 4) is 0 Å². The van der Waals surface area contributed by atoms with Gasteiger partial charge in [-0.05, 0) is 22.0 Å². The molecule has 0 radical (unpaired) electrons. The average molecular weight is 214 g/mol. The number of hydrogen-bond donors (Lipinski definition) is 2. The van der Waals surface area contributed by atoms with Crippen LogP contribution in [0.4, 0.5) is 0 Å². The zero-order chi connectivity index (χ0) is 7.84. The van der Waals surface area contributed by atoms with E-state index in [9.17, 15) is 0 Å². The maximum atomic E-state index is 5.76. The lowest BCUT2D eigenvalue weighted by atomic mass is 10.2. The molecule has 0 aromatic rings. The third-order valence-corrected chi connectivity index (χ3v) is 2.13.